The lowest BCUT2D eigenvalue weighted by Crippen LogP contribution is -2.43. The Labute approximate surface area is 161 Å². The quantitative estimate of drug-likeness (QED) is 0.303. The van der Waals surface area contributed by atoms with E-state index in [-0.39, 0.29) is 5.04 Å². The average molecular weight is 375 g/mol. The Morgan fingerprint density at radius 3 is 2.65 bits per heavy atom. The Kier molecular flexibility index (Phi) is 5.70. The molecule has 0 spiro atoms. The van der Waals surface area contributed by atoms with Crippen molar-refractivity contribution in [1.29, 1.82) is 0 Å². The van der Waals surface area contributed by atoms with Crippen molar-refractivity contribution in [2.45, 2.75) is 84.0 Å². The summed E-state index contributed by atoms with van der Waals surface area (Å²) in [5.74, 6) is 3.20. The summed E-state index contributed by atoms with van der Waals surface area (Å²) in [5, 5.41) is 0.280. The van der Waals surface area contributed by atoms with Crippen LogP contribution in [0.2, 0.25) is 18.1 Å². The molecule has 0 radical (unpaired) electrons. The lowest BCUT2D eigenvalue weighted by atomic mass is 9.81. The number of fused-ring (bicyclic) bond motifs is 5. The molecule has 2 saturated carbocycles. The minimum absolute atomic E-state index is 0.280. The highest BCUT2D eigenvalue weighted by molar-refractivity contribution is 6.74. The summed E-state index contributed by atoms with van der Waals surface area (Å²) in [6.45, 7) is 13.8. The van der Waals surface area contributed by atoms with E-state index >= 15 is 0 Å². The van der Waals surface area contributed by atoms with Crippen LogP contribution in [0.5, 0.6) is 0 Å². The Bertz CT molecular complexity index is 584. The monoisotopic (exact) mass is 374 g/mol. The van der Waals surface area contributed by atoms with E-state index in [0.29, 0.717) is 41.5 Å². The van der Waals surface area contributed by atoms with Gasteiger partial charge in [-0.25, -0.2) is 0 Å². The van der Waals surface area contributed by atoms with Crippen LogP contribution in [0.4, 0.5) is 0 Å². The molecule has 2 bridgehead atoms. The Balaban J connectivity index is 1.42. The fraction of sp³-hybridized carbons (Fsp3) is 0.783. The van der Waals surface area contributed by atoms with E-state index in [1.54, 1.807) is 0 Å². The van der Waals surface area contributed by atoms with Crippen molar-refractivity contribution in [3.63, 3.8) is 0 Å². The van der Waals surface area contributed by atoms with Gasteiger partial charge < -0.3 is 4.43 Å². The molecule has 0 aliphatic heterocycles. The van der Waals surface area contributed by atoms with Gasteiger partial charge in [-0.2, -0.15) is 0 Å². The van der Waals surface area contributed by atoms with Gasteiger partial charge in [0.2, 0.25) is 0 Å². The van der Waals surface area contributed by atoms with Crippen LogP contribution in [0.15, 0.2) is 24.3 Å². The van der Waals surface area contributed by atoms with E-state index < -0.39 is 8.32 Å². The maximum atomic E-state index is 12.4. The second-order valence-corrected chi connectivity index (χ2v) is 15.2. The van der Waals surface area contributed by atoms with Crippen LogP contribution < -0.4 is 0 Å². The van der Waals surface area contributed by atoms with Gasteiger partial charge in [-0.3, -0.25) is 4.79 Å². The van der Waals surface area contributed by atoms with Crippen molar-refractivity contribution in [3.05, 3.63) is 24.3 Å². The molecule has 0 aromatic carbocycles. The molecule has 3 rings (SSSR count). The first kappa shape index (κ1) is 20.1. The SMILES string of the molecule is C[C@@H](CCC/C=C/[C@@H]1CC(=O)[C@@H]2[C@H]1[C@H]1C=C[C@@H]2C1)O[Si](C)(C)C(C)(C)C. The maximum absolute atomic E-state index is 12.4. The van der Waals surface area contributed by atoms with E-state index in [0.717, 1.165) is 19.3 Å². The summed E-state index contributed by atoms with van der Waals surface area (Å²) in [6.07, 6.45) is 15.2. The summed E-state index contributed by atoms with van der Waals surface area (Å²) in [7, 11) is -1.65. The third kappa shape index (κ3) is 3.94. The van der Waals surface area contributed by atoms with Gasteiger partial charge in [0, 0.05) is 18.4 Å². The minimum Gasteiger partial charge on any atom is -0.414 e. The first-order valence-electron chi connectivity index (χ1n) is 10.7. The third-order valence-electron chi connectivity index (χ3n) is 7.49. The van der Waals surface area contributed by atoms with Crippen LogP contribution in [0.25, 0.3) is 0 Å². The second-order valence-electron chi connectivity index (χ2n) is 10.4. The van der Waals surface area contributed by atoms with Gasteiger partial charge in [0.25, 0.3) is 0 Å². The molecule has 3 aliphatic rings. The summed E-state index contributed by atoms with van der Waals surface area (Å²) >= 11 is 0. The number of hydrogen-bond acceptors (Lipinski definition) is 2. The fourth-order valence-electron chi connectivity index (χ4n) is 5.13. The third-order valence-corrected chi connectivity index (χ3v) is 12.1. The zero-order valence-electron chi connectivity index (χ0n) is 17.6. The van der Waals surface area contributed by atoms with Gasteiger partial charge in [-0.05, 0) is 74.4 Å². The molecule has 3 heteroatoms. The van der Waals surface area contributed by atoms with Gasteiger partial charge in [-0.1, -0.05) is 45.1 Å². The highest BCUT2D eigenvalue weighted by Crippen LogP contribution is 2.56. The van der Waals surface area contributed by atoms with Crippen LogP contribution >= 0.6 is 0 Å². The molecule has 6 atom stereocenters. The highest BCUT2D eigenvalue weighted by Gasteiger charge is 2.54. The van der Waals surface area contributed by atoms with Crippen LogP contribution in [-0.2, 0) is 9.22 Å². The standard InChI is InChI=1S/C23H38O2Si/c1-16(25-26(5,6)23(2,3)4)10-8-7-9-11-17-15-20(24)22-19-13-12-18(14-19)21(17)22/h9,11-13,16-19,21-22H,7-8,10,14-15H2,1-6H3/b11-9+/t16-,17+,18-,19+,21+,22+/m0/s1. The molecular weight excluding hydrogens is 336 g/mol. The van der Waals surface area contributed by atoms with Gasteiger partial charge >= 0.3 is 0 Å². The second kappa shape index (κ2) is 7.39. The molecule has 0 unspecified atom stereocenters. The van der Waals surface area contributed by atoms with Crippen molar-refractivity contribution >= 4 is 14.1 Å². The number of Topliss-reactive ketones (excluding diaryl/α,β-unsaturated/α-hetero) is 1. The van der Waals surface area contributed by atoms with Crippen LogP contribution in [0.3, 0.4) is 0 Å². The molecule has 2 nitrogen and oxygen atoms in total. The first-order valence-corrected chi connectivity index (χ1v) is 13.6. The van der Waals surface area contributed by atoms with E-state index in [2.05, 4.69) is 65.1 Å². The predicted octanol–water partition coefficient (Wildman–Crippen LogP) is 6.15. The van der Waals surface area contributed by atoms with Crippen LogP contribution in [-0.4, -0.2) is 20.2 Å². The summed E-state index contributed by atoms with van der Waals surface area (Å²) in [4.78, 5) is 12.4. The molecular formula is C23H38O2Si. The fourth-order valence-corrected chi connectivity index (χ4v) is 6.61. The minimum atomic E-state index is -1.65. The number of carbonyl (C=O) groups excluding carboxylic acids is 1. The molecule has 26 heavy (non-hydrogen) atoms. The summed E-state index contributed by atoms with van der Waals surface area (Å²) < 4.78 is 6.45. The van der Waals surface area contributed by atoms with Crippen molar-refractivity contribution in [3.8, 4) is 0 Å². The molecule has 0 amide bonds. The van der Waals surface area contributed by atoms with Crippen molar-refractivity contribution in [2.75, 3.05) is 0 Å². The smallest absolute Gasteiger partial charge is 0.192 e. The molecule has 3 aliphatic carbocycles. The lowest BCUT2D eigenvalue weighted by molar-refractivity contribution is -0.121. The Morgan fingerprint density at radius 1 is 1.27 bits per heavy atom. The molecule has 0 aromatic heterocycles. The van der Waals surface area contributed by atoms with Gasteiger partial charge in [0.1, 0.15) is 5.78 Å². The number of hydrogen-bond donors (Lipinski definition) is 0. The molecule has 0 N–H and O–H groups in total. The normalized spacial score (nSPS) is 34.8. The van der Waals surface area contributed by atoms with E-state index in [1.807, 2.05) is 0 Å². The van der Waals surface area contributed by atoms with E-state index in [9.17, 15) is 4.79 Å². The summed E-state index contributed by atoms with van der Waals surface area (Å²) in [5.41, 5.74) is 0. The average Bonchev–Trinajstić information content (AvgIpc) is 3.19. The number of allylic oxidation sites excluding steroid dienone is 4. The largest absolute Gasteiger partial charge is 0.414 e. The van der Waals surface area contributed by atoms with Gasteiger partial charge in [0.15, 0.2) is 8.32 Å². The zero-order chi connectivity index (χ0) is 19.1. The van der Waals surface area contributed by atoms with Crippen LogP contribution in [0, 0.1) is 29.6 Å². The Morgan fingerprint density at radius 2 is 1.96 bits per heavy atom. The predicted molar refractivity (Wildman–Crippen MR) is 112 cm³/mol. The van der Waals surface area contributed by atoms with E-state index in [4.69, 9.17) is 4.43 Å². The molecule has 2 fully saturated rings. The van der Waals surface area contributed by atoms with E-state index in [1.165, 1.54) is 12.8 Å². The van der Waals surface area contributed by atoms with Gasteiger partial charge in [-0.15, -0.1) is 0 Å². The Hall–Kier alpha value is -0.673. The number of rotatable bonds is 7. The molecule has 0 aromatic rings. The van der Waals surface area contributed by atoms with Crippen molar-refractivity contribution in [1.82, 2.24) is 0 Å². The zero-order valence-corrected chi connectivity index (χ0v) is 18.6. The van der Waals surface area contributed by atoms with Crippen molar-refractivity contribution in [2.24, 2.45) is 29.6 Å². The lowest BCUT2D eigenvalue weighted by Gasteiger charge is -2.38. The van der Waals surface area contributed by atoms with Crippen LogP contribution in [0.1, 0.15) is 59.8 Å². The topological polar surface area (TPSA) is 26.3 Å². The molecule has 0 heterocycles. The van der Waals surface area contributed by atoms with Gasteiger partial charge in [0.05, 0.1) is 0 Å². The molecule has 0 saturated heterocycles. The first-order chi connectivity index (χ1) is 12.1. The number of unbranched alkanes of at least 4 members (excludes halogenated alkanes) is 1. The molecule has 146 valence electrons. The maximum Gasteiger partial charge on any atom is 0.192 e. The summed E-state index contributed by atoms with van der Waals surface area (Å²) in [6, 6.07) is 0. The van der Waals surface area contributed by atoms with Crippen molar-refractivity contribution < 1.29 is 9.22 Å². The number of carbonyl (C=O) groups is 1. The number of ketones is 1. The highest BCUT2D eigenvalue weighted by atomic mass is 28.4.